The summed E-state index contributed by atoms with van der Waals surface area (Å²) in [5.74, 6) is 0.609. The average Bonchev–Trinajstić information content (AvgIpc) is 3.02. The molecule has 1 fully saturated rings. The number of benzene rings is 3. The second kappa shape index (κ2) is 9.57. The van der Waals surface area contributed by atoms with Crippen LogP contribution >= 0.6 is 51.5 Å². The Kier molecular flexibility index (Phi) is 6.82. The van der Waals surface area contributed by atoms with Crippen molar-refractivity contribution in [2.45, 2.75) is 13.5 Å². The third kappa shape index (κ3) is 5.21. The molecule has 3 nitrogen and oxygen atoms in total. The molecule has 3 aromatic rings. The Hall–Kier alpha value is -2.12. The molecular formula is C24H17BrClNO2S2. The van der Waals surface area contributed by atoms with Gasteiger partial charge in [0.15, 0.2) is 4.32 Å². The van der Waals surface area contributed by atoms with Crippen molar-refractivity contribution in [3.05, 3.63) is 97.8 Å². The first kappa shape index (κ1) is 22.1. The molecule has 1 saturated heterocycles. The van der Waals surface area contributed by atoms with E-state index in [9.17, 15) is 4.79 Å². The zero-order valence-electron chi connectivity index (χ0n) is 16.5. The van der Waals surface area contributed by atoms with E-state index in [2.05, 4.69) is 15.9 Å². The lowest BCUT2D eigenvalue weighted by Crippen LogP contribution is -2.27. The minimum Gasteiger partial charge on any atom is -0.488 e. The fourth-order valence-electron chi connectivity index (χ4n) is 3.00. The average molecular weight is 531 g/mol. The number of halogens is 2. The Labute approximate surface area is 204 Å². The van der Waals surface area contributed by atoms with Crippen LogP contribution in [-0.2, 0) is 11.4 Å². The van der Waals surface area contributed by atoms with Crippen LogP contribution in [0.25, 0.3) is 6.08 Å². The maximum Gasteiger partial charge on any atom is 0.270 e. The predicted octanol–water partition coefficient (Wildman–Crippen LogP) is 7.40. The lowest BCUT2D eigenvalue weighted by atomic mass is 10.2. The second-order valence-electron chi connectivity index (χ2n) is 6.96. The summed E-state index contributed by atoms with van der Waals surface area (Å²) in [6.07, 6.45) is 1.85. The van der Waals surface area contributed by atoms with E-state index in [-0.39, 0.29) is 5.91 Å². The molecule has 0 radical (unpaired) electrons. The minimum atomic E-state index is -0.113. The maximum atomic E-state index is 12.9. The van der Waals surface area contributed by atoms with Crippen molar-refractivity contribution < 1.29 is 9.53 Å². The van der Waals surface area contributed by atoms with Gasteiger partial charge in [0.25, 0.3) is 5.91 Å². The van der Waals surface area contributed by atoms with E-state index >= 15 is 0 Å². The summed E-state index contributed by atoms with van der Waals surface area (Å²) in [6.45, 7) is 2.44. The molecule has 0 spiro atoms. The Morgan fingerprint density at radius 2 is 1.81 bits per heavy atom. The highest BCUT2D eigenvalue weighted by atomic mass is 79.9. The lowest BCUT2D eigenvalue weighted by molar-refractivity contribution is -0.113. The van der Waals surface area contributed by atoms with Crippen LogP contribution in [0.15, 0.2) is 76.1 Å². The minimum absolute atomic E-state index is 0.113. The van der Waals surface area contributed by atoms with Crippen molar-refractivity contribution in [3.63, 3.8) is 0 Å². The molecule has 0 aromatic heterocycles. The van der Waals surface area contributed by atoms with Gasteiger partial charge in [-0.1, -0.05) is 71.5 Å². The van der Waals surface area contributed by atoms with Crippen molar-refractivity contribution >= 4 is 73.5 Å². The van der Waals surface area contributed by atoms with E-state index in [1.807, 2.05) is 79.7 Å². The topological polar surface area (TPSA) is 29.5 Å². The predicted molar refractivity (Wildman–Crippen MR) is 137 cm³/mol. The van der Waals surface area contributed by atoms with Crippen molar-refractivity contribution in [2.24, 2.45) is 0 Å². The van der Waals surface area contributed by atoms with Gasteiger partial charge in [0.1, 0.15) is 12.4 Å². The van der Waals surface area contributed by atoms with Gasteiger partial charge in [-0.15, -0.1) is 0 Å². The third-order valence-electron chi connectivity index (χ3n) is 4.65. The Bertz CT molecular complexity index is 1180. The largest absolute Gasteiger partial charge is 0.488 e. The Balaban J connectivity index is 1.49. The van der Waals surface area contributed by atoms with Crippen LogP contribution in [0.4, 0.5) is 5.69 Å². The van der Waals surface area contributed by atoms with E-state index in [1.165, 1.54) is 11.8 Å². The Morgan fingerprint density at radius 3 is 2.48 bits per heavy atom. The first-order valence-electron chi connectivity index (χ1n) is 9.42. The van der Waals surface area contributed by atoms with E-state index in [0.717, 1.165) is 32.6 Å². The molecule has 156 valence electrons. The Morgan fingerprint density at radius 1 is 1.10 bits per heavy atom. The van der Waals surface area contributed by atoms with E-state index in [4.69, 9.17) is 28.6 Å². The first-order valence-corrected chi connectivity index (χ1v) is 11.8. The summed E-state index contributed by atoms with van der Waals surface area (Å²) >= 11 is 16.2. The normalized spacial score (nSPS) is 15.1. The molecule has 0 saturated carbocycles. The van der Waals surface area contributed by atoms with Gasteiger partial charge < -0.3 is 4.74 Å². The SMILES string of the molecule is Cc1ccc(N2C(=O)/C(=C/c3ccc(OCc4ccc(Cl)cc4)c(Br)c3)SC2=S)cc1. The van der Waals surface area contributed by atoms with E-state index in [0.29, 0.717) is 20.9 Å². The molecule has 31 heavy (non-hydrogen) atoms. The highest BCUT2D eigenvalue weighted by molar-refractivity contribution is 9.10. The first-order chi connectivity index (χ1) is 14.9. The summed E-state index contributed by atoms with van der Waals surface area (Å²) in [6, 6.07) is 21.0. The van der Waals surface area contributed by atoms with Crippen LogP contribution in [0.2, 0.25) is 5.02 Å². The fraction of sp³-hybridized carbons (Fsp3) is 0.0833. The number of anilines is 1. The van der Waals surface area contributed by atoms with Gasteiger partial charge >= 0.3 is 0 Å². The number of aryl methyl sites for hydroxylation is 1. The molecule has 7 heteroatoms. The number of nitrogens with zero attached hydrogens (tertiary/aromatic N) is 1. The molecule has 3 aromatic carbocycles. The smallest absolute Gasteiger partial charge is 0.270 e. The molecule has 1 amide bonds. The molecule has 0 bridgehead atoms. The highest BCUT2D eigenvalue weighted by Crippen LogP contribution is 2.37. The molecule has 1 aliphatic rings. The van der Waals surface area contributed by atoms with Gasteiger partial charge in [-0.3, -0.25) is 9.69 Å². The van der Waals surface area contributed by atoms with Crippen molar-refractivity contribution in [3.8, 4) is 5.75 Å². The number of thiocarbonyl (C=S) groups is 1. The molecule has 0 unspecified atom stereocenters. The maximum absolute atomic E-state index is 12.9. The quantitative estimate of drug-likeness (QED) is 0.254. The summed E-state index contributed by atoms with van der Waals surface area (Å²) in [4.78, 5) is 15.1. The molecule has 4 rings (SSSR count). The van der Waals surface area contributed by atoms with Crippen molar-refractivity contribution in [2.75, 3.05) is 4.90 Å². The zero-order chi connectivity index (χ0) is 22.0. The summed E-state index contributed by atoms with van der Waals surface area (Å²) in [5, 5.41) is 0.696. The number of hydrogen-bond donors (Lipinski definition) is 0. The summed E-state index contributed by atoms with van der Waals surface area (Å²) in [7, 11) is 0. The van der Waals surface area contributed by atoms with Gasteiger partial charge in [0.05, 0.1) is 15.1 Å². The highest BCUT2D eigenvalue weighted by Gasteiger charge is 2.33. The number of carbonyl (C=O) groups is 1. The van der Waals surface area contributed by atoms with Crippen molar-refractivity contribution in [1.82, 2.24) is 0 Å². The fourth-order valence-corrected chi connectivity index (χ4v) is 4.94. The van der Waals surface area contributed by atoms with E-state index < -0.39 is 0 Å². The number of thioether (sulfide) groups is 1. The number of rotatable bonds is 5. The molecule has 0 aliphatic carbocycles. The number of ether oxygens (including phenoxy) is 1. The van der Waals surface area contributed by atoms with Crippen LogP contribution in [-0.4, -0.2) is 10.2 Å². The summed E-state index contributed by atoms with van der Waals surface area (Å²) < 4.78 is 7.24. The molecule has 1 heterocycles. The van der Waals surface area contributed by atoms with Gasteiger partial charge in [0, 0.05) is 5.02 Å². The molecule has 0 N–H and O–H groups in total. The van der Waals surface area contributed by atoms with Crippen LogP contribution in [0.1, 0.15) is 16.7 Å². The van der Waals surface area contributed by atoms with Gasteiger partial charge in [-0.25, -0.2) is 0 Å². The molecular weight excluding hydrogens is 514 g/mol. The number of amides is 1. The lowest BCUT2D eigenvalue weighted by Gasteiger charge is -2.14. The van der Waals surface area contributed by atoms with Crippen LogP contribution < -0.4 is 9.64 Å². The van der Waals surface area contributed by atoms with Gasteiger partial charge in [-0.05, 0) is 76.5 Å². The number of carbonyl (C=O) groups excluding carboxylic acids is 1. The van der Waals surface area contributed by atoms with Crippen LogP contribution in [0, 0.1) is 6.92 Å². The number of hydrogen-bond acceptors (Lipinski definition) is 4. The van der Waals surface area contributed by atoms with Crippen LogP contribution in [0.3, 0.4) is 0 Å². The van der Waals surface area contributed by atoms with Crippen molar-refractivity contribution in [1.29, 1.82) is 0 Å². The standard InChI is InChI=1S/C24H17BrClNO2S2/c1-15-2-9-19(10-3-15)27-23(28)22(31-24(27)30)13-17-6-11-21(20(25)12-17)29-14-16-4-7-18(26)8-5-16/h2-13H,14H2,1H3/b22-13-. The second-order valence-corrected chi connectivity index (χ2v) is 9.92. The molecule has 0 atom stereocenters. The monoisotopic (exact) mass is 529 g/mol. The van der Waals surface area contributed by atoms with Crippen LogP contribution in [0.5, 0.6) is 5.75 Å². The van der Waals surface area contributed by atoms with E-state index in [1.54, 1.807) is 4.90 Å². The zero-order valence-corrected chi connectivity index (χ0v) is 20.4. The third-order valence-corrected chi connectivity index (χ3v) is 6.82. The van der Waals surface area contributed by atoms with Gasteiger partial charge in [-0.2, -0.15) is 0 Å². The summed E-state index contributed by atoms with van der Waals surface area (Å²) in [5.41, 5.74) is 3.83. The van der Waals surface area contributed by atoms with Gasteiger partial charge in [0.2, 0.25) is 0 Å². The molecule has 1 aliphatic heterocycles.